The van der Waals surface area contributed by atoms with Crippen molar-refractivity contribution >= 4 is 56.3 Å². The predicted octanol–water partition coefficient (Wildman–Crippen LogP) is 18.6. The molecule has 5 aliphatic heterocycles. The average Bonchev–Trinajstić information content (AvgIpc) is 1.31. The van der Waals surface area contributed by atoms with Gasteiger partial charge in [-0.15, -0.1) is 0 Å². The number of hydrogen-bond donors (Lipinski definition) is 0. The standard InChI is InChI=1S/C117H120O31Si/c1-8-64-126-115(124)134-72-90-95(129-66-76-42-20-10-21-43-76)99(104(142-108(122)81-52-30-15-31-53-81)113(138-90)147-100-97-92(71-132-110(144-97)83-56-34-17-35-57-83)136-111(131-68-78-46-24-12-25-47-78)102(100)140-106(120)79-48-26-13-27-49-79)145-112-103(141-107(121)80-50-28-14-29-51-80)98(94(128-65-75-40-18-9-19-41-75)89(137-112)70-127-93(119)63-62-74(2)118)146-114-105(143-109(123)82-54-32-16-33-55-82)101(148-149(6,7)117(3,4)5)96(130-67-77-44-22-11-23-45-77)91(139-114)73-135-116(125)133-69-88-86-60-38-36-58-84(86)85-59-37-39-61-87(85)88/h8-61,88-92,94-105,110-114H,1,62-73H2,2-7H3/t89-,90-,91-,92-,94-,95-,96-,97-,98+,99+,100+,101+,102-,103-,104-,105-,110-,111-,112+,113+,114+/m1/s1. The highest BCUT2D eigenvalue weighted by Gasteiger charge is 2.63. The van der Waals surface area contributed by atoms with Gasteiger partial charge in [0.15, 0.2) is 64.2 Å². The molecular formula is C117H120O31Si. The van der Waals surface area contributed by atoms with E-state index in [-0.39, 0.29) is 80.7 Å². The lowest BCUT2D eigenvalue weighted by Gasteiger charge is -2.53. The summed E-state index contributed by atoms with van der Waals surface area (Å²) in [7, 11) is -3.34. The maximum Gasteiger partial charge on any atom is 0.508 e. The Morgan fingerprint density at radius 1 is 0.349 bits per heavy atom. The molecule has 0 N–H and O–H groups in total. The van der Waals surface area contributed by atoms with Crippen LogP contribution in [0.1, 0.15) is 133 Å². The number of ether oxygens (including phenoxy) is 22. The molecule has 0 aromatic heterocycles. The summed E-state index contributed by atoms with van der Waals surface area (Å²) < 4.78 is 161. The first kappa shape index (κ1) is 107. The van der Waals surface area contributed by atoms with Gasteiger partial charge in [0.05, 0.1) is 61.7 Å². The van der Waals surface area contributed by atoms with E-state index >= 15 is 19.2 Å². The molecular weight excluding hydrogens is 1930 g/mol. The number of rotatable bonds is 42. The van der Waals surface area contributed by atoms with Crippen LogP contribution in [0.15, 0.2) is 334 Å². The Morgan fingerprint density at radius 3 is 1.08 bits per heavy atom. The topological polar surface area (TPSA) is 349 Å². The second-order valence-electron chi connectivity index (χ2n) is 38.2. The fourth-order valence-electron chi connectivity index (χ4n) is 18.3. The van der Waals surface area contributed by atoms with Crippen LogP contribution in [-0.4, -0.2) is 219 Å². The Hall–Kier alpha value is -13.6. The molecule has 0 spiro atoms. The molecule has 0 radical (unpaired) electrons. The van der Waals surface area contributed by atoms with E-state index in [9.17, 15) is 19.2 Å². The third kappa shape index (κ3) is 27.5. The molecule has 778 valence electrons. The highest BCUT2D eigenvalue weighted by molar-refractivity contribution is 6.74. The highest BCUT2D eigenvalue weighted by Crippen LogP contribution is 2.48. The first-order chi connectivity index (χ1) is 72.4. The Morgan fingerprint density at radius 2 is 0.685 bits per heavy atom. The molecule has 5 fully saturated rings. The molecule has 0 amide bonds. The lowest BCUT2D eigenvalue weighted by atomic mass is 9.94. The van der Waals surface area contributed by atoms with Crippen LogP contribution in [-0.2, 0) is 145 Å². The summed E-state index contributed by atoms with van der Waals surface area (Å²) in [4.78, 5) is 120. The molecule has 31 nitrogen and oxygen atoms in total. The van der Waals surface area contributed by atoms with Crippen molar-refractivity contribution in [3.63, 3.8) is 0 Å². The van der Waals surface area contributed by atoms with Gasteiger partial charge in [0, 0.05) is 17.9 Å². The van der Waals surface area contributed by atoms with E-state index < -0.39 is 217 Å². The molecule has 11 aromatic carbocycles. The van der Waals surface area contributed by atoms with Gasteiger partial charge in [-0.1, -0.05) is 306 Å². The highest BCUT2D eigenvalue weighted by atomic mass is 28.4. The van der Waals surface area contributed by atoms with Gasteiger partial charge in [0.1, 0.15) is 112 Å². The Bertz CT molecular complexity index is 6170. The maximum atomic E-state index is 16.3. The van der Waals surface area contributed by atoms with Gasteiger partial charge >= 0.3 is 42.2 Å². The zero-order valence-corrected chi connectivity index (χ0v) is 84.2. The molecule has 0 saturated carbocycles. The van der Waals surface area contributed by atoms with Gasteiger partial charge in [-0.3, -0.25) is 4.79 Å². The van der Waals surface area contributed by atoms with Crippen LogP contribution in [0.4, 0.5) is 9.59 Å². The number of benzene rings is 11. The minimum atomic E-state index is -3.34. The van der Waals surface area contributed by atoms with E-state index in [2.05, 4.69) is 6.58 Å². The van der Waals surface area contributed by atoms with Crippen molar-refractivity contribution in [2.45, 2.75) is 220 Å². The zero-order chi connectivity index (χ0) is 104. The number of esters is 5. The Labute approximate surface area is 864 Å². The van der Waals surface area contributed by atoms with Crippen LogP contribution >= 0.6 is 0 Å². The molecule has 0 unspecified atom stereocenters. The molecule has 21 atom stereocenters. The molecule has 0 bridgehead atoms. The Balaban J connectivity index is 0.863. The summed E-state index contributed by atoms with van der Waals surface area (Å²) in [6.45, 7) is 11.1. The summed E-state index contributed by atoms with van der Waals surface area (Å²) in [6.07, 6.45) is -38.5. The van der Waals surface area contributed by atoms with Crippen molar-refractivity contribution in [3.05, 3.63) is 395 Å². The first-order valence-corrected chi connectivity index (χ1v) is 52.6. The van der Waals surface area contributed by atoms with Gasteiger partial charge in [-0.2, -0.15) is 0 Å². The summed E-state index contributed by atoms with van der Waals surface area (Å²) in [5.41, 5.74) is 6.84. The van der Waals surface area contributed by atoms with Gasteiger partial charge in [0.25, 0.3) is 0 Å². The average molecular weight is 2050 g/mol. The number of ketones is 1. The minimum absolute atomic E-state index is 0.0431. The van der Waals surface area contributed by atoms with Crippen molar-refractivity contribution < 1.29 is 147 Å². The molecule has 1 aliphatic carbocycles. The molecule has 5 saturated heterocycles. The van der Waals surface area contributed by atoms with Gasteiger partial charge in [-0.05, 0) is 118 Å². The maximum absolute atomic E-state index is 16.3. The van der Waals surface area contributed by atoms with Crippen molar-refractivity contribution in [1.82, 2.24) is 0 Å². The number of hydrogen-bond acceptors (Lipinski definition) is 31. The fourth-order valence-corrected chi connectivity index (χ4v) is 19.6. The number of fused-ring (bicyclic) bond motifs is 4. The van der Waals surface area contributed by atoms with Crippen LogP contribution in [0.2, 0.25) is 18.1 Å². The van der Waals surface area contributed by atoms with Crippen LogP contribution in [0.25, 0.3) is 11.1 Å². The molecule has 11 aromatic rings. The van der Waals surface area contributed by atoms with Crippen LogP contribution in [0.5, 0.6) is 0 Å². The van der Waals surface area contributed by atoms with E-state index in [1.54, 1.807) is 182 Å². The zero-order valence-electron chi connectivity index (χ0n) is 83.2. The number of carbonyl (C=O) groups is 8. The Kier molecular flexibility index (Phi) is 36.6. The van der Waals surface area contributed by atoms with Gasteiger partial charge < -0.3 is 113 Å². The monoisotopic (exact) mass is 2050 g/mol. The molecule has 5 heterocycles. The van der Waals surface area contributed by atoms with Crippen molar-refractivity contribution in [2.24, 2.45) is 0 Å². The third-order valence-corrected chi connectivity index (χ3v) is 31.3. The quantitative estimate of drug-likeness (QED) is 0.0148. The van der Waals surface area contributed by atoms with E-state index in [0.717, 1.165) is 22.3 Å². The second kappa shape index (κ2) is 51.1. The summed E-state index contributed by atoms with van der Waals surface area (Å²) in [5, 5.41) is -0.655. The second-order valence-corrected chi connectivity index (χ2v) is 42.9. The van der Waals surface area contributed by atoms with E-state index in [1.165, 1.54) is 37.3 Å². The van der Waals surface area contributed by atoms with Gasteiger partial charge in [-0.25, -0.2) is 28.8 Å². The number of carbonyl (C=O) groups excluding carboxylic acids is 8. The third-order valence-electron chi connectivity index (χ3n) is 26.8. The fraction of sp³-hybridized carbons (Fsp3) is 0.350. The summed E-state index contributed by atoms with van der Waals surface area (Å²) in [5.74, 6) is -5.58. The number of Topliss-reactive ketones (excluding diaryl/α,β-unsaturated/α-hetero) is 1. The van der Waals surface area contributed by atoms with Crippen molar-refractivity contribution in [1.29, 1.82) is 0 Å². The molecule has 32 heteroatoms. The van der Waals surface area contributed by atoms with E-state index in [4.69, 9.17) is 109 Å². The lowest BCUT2D eigenvalue weighted by Crippen LogP contribution is -2.70. The van der Waals surface area contributed by atoms with E-state index in [0.29, 0.717) is 27.8 Å². The van der Waals surface area contributed by atoms with Crippen LogP contribution in [0, 0.1) is 0 Å². The lowest BCUT2D eigenvalue weighted by molar-refractivity contribution is -0.405. The van der Waals surface area contributed by atoms with Crippen LogP contribution in [0.3, 0.4) is 0 Å². The van der Waals surface area contributed by atoms with Crippen LogP contribution < -0.4 is 0 Å². The predicted molar refractivity (Wildman–Crippen MR) is 540 cm³/mol. The largest absolute Gasteiger partial charge is 0.508 e. The molecule has 17 rings (SSSR count). The first-order valence-electron chi connectivity index (χ1n) is 49.7. The van der Waals surface area contributed by atoms with Crippen molar-refractivity contribution in [2.75, 3.05) is 39.6 Å². The smallest absolute Gasteiger partial charge is 0.463 e. The summed E-state index contributed by atoms with van der Waals surface area (Å²) in [6, 6.07) is 92.7. The minimum Gasteiger partial charge on any atom is -0.463 e. The molecule has 6 aliphatic rings. The SMILES string of the molecule is C=CCOC(=O)OC[C@H]1O[C@@H](O[C@@H]2[C@@H](OC(=O)c3ccccc3)[C@H](OCc3ccccc3)O[C@@H]3CO[C@@H](c4ccccc4)O[C@@H]23)[C@H](OC(=O)c2ccccc2)[C@@H](O[C@@H]2O[C@H](COC(=O)CCC(C)=O)[C@@H](OCc3ccccc3)[C@H](O[C@@H]3O[C@H](COC(=O)OCC4c5ccccc5-c5ccccc54)[C@@H](OCc4ccccc4)[C@H](O[Si](C)(C)C(C)(C)C)[C@H]3OC(=O)c3ccccc3)[C@H]2OC(=O)c2ccccc2)[C@@H]1OCc1ccccc1. The summed E-state index contributed by atoms with van der Waals surface area (Å²) >= 11 is 0. The van der Waals surface area contributed by atoms with E-state index in [1.807, 2.05) is 149 Å². The van der Waals surface area contributed by atoms with Gasteiger partial charge in [0.2, 0.25) is 0 Å². The normalized spacial score (nSPS) is 25.0. The molecule has 149 heavy (non-hydrogen) atoms. The van der Waals surface area contributed by atoms with Crippen molar-refractivity contribution in [3.8, 4) is 11.1 Å².